The van der Waals surface area contributed by atoms with Crippen LogP contribution in [0.25, 0.3) is 0 Å². The topological polar surface area (TPSA) is 47.3 Å². The largest absolute Gasteiger partial charge is 0.494 e. The first-order valence-corrected chi connectivity index (χ1v) is 5.60. The van der Waals surface area contributed by atoms with Gasteiger partial charge in [-0.05, 0) is 24.6 Å². The molecule has 1 N–H and O–H groups in total. The van der Waals surface area contributed by atoms with Crippen LogP contribution in [-0.4, -0.2) is 21.3 Å². The lowest BCUT2D eigenvalue weighted by Crippen LogP contribution is -2.06. The summed E-state index contributed by atoms with van der Waals surface area (Å²) >= 11 is 0. The Labute approximate surface area is 100 Å². The first kappa shape index (κ1) is 11.7. The van der Waals surface area contributed by atoms with Crippen molar-refractivity contribution in [3.63, 3.8) is 0 Å². The van der Waals surface area contributed by atoms with Crippen LogP contribution in [0.1, 0.15) is 24.4 Å². The van der Waals surface area contributed by atoms with Gasteiger partial charge in [-0.25, -0.2) is 4.98 Å². The van der Waals surface area contributed by atoms with Gasteiger partial charge in [-0.2, -0.15) is 0 Å². The molecule has 90 valence electrons. The number of ether oxygens (including phenoxy) is 1. The lowest BCUT2D eigenvalue weighted by molar-refractivity contribution is 0.206. The van der Waals surface area contributed by atoms with Crippen molar-refractivity contribution in [3.05, 3.63) is 48.0 Å². The van der Waals surface area contributed by atoms with E-state index in [-0.39, 0.29) is 0 Å². The molecule has 0 bridgehead atoms. The molecule has 1 aromatic heterocycles. The molecule has 4 nitrogen and oxygen atoms in total. The van der Waals surface area contributed by atoms with E-state index in [1.165, 1.54) is 0 Å². The van der Waals surface area contributed by atoms with Crippen LogP contribution in [0.2, 0.25) is 0 Å². The van der Waals surface area contributed by atoms with Crippen LogP contribution in [0.15, 0.2) is 36.7 Å². The number of aliphatic hydroxyl groups excluding tert-OH is 1. The molecule has 0 saturated heterocycles. The van der Waals surface area contributed by atoms with Gasteiger partial charge in [0.2, 0.25) is 0 Å². The molecular weight excluding hydrogens is 216 g/mol. The number of rotatable bonds is 4. The van der Waals surface area contributed by atoms with E-state index in [4.69, 9.17) is 4.74 Å². The van der Waals surface area contributed by atoms with Gasteiger partial charge in [-0.1, -0.05) is 12.1 Å². The smallest absolute Gasteiger partial charge is 0.142 e. The maximum absolute atomic E-state index is 10.2. The highest BCUT2D eigenvalue weighted by Gasteiger charge is 2.14. The zero-order chi connectivity index (χ0) is 12.3. The van der Waals surface area contributed by atoms with Gasteiger partial charge in [-0.3, -0.25) is 0 Å². The number of hydrogen-bond acceptors (Lipinski definition) is 3. The van der Waals surface area contributed by atoms with Gasteiger partial charge in [-0.15, -0.1) is 0 Å². The summed E-state index contributed by atoms with van der Waals surface area (Å²) in [6, 6.07) is 7.41. The first-order chi connectivity index (χ1) is 8.22. The molecule has 4 heteroatoms. The van der Waals surface area contributed by atoms with Crippen molar-refractivity contribution in [1.29, 1.82) is 0 Å². The second-order valence-corrected chi connectivity index (χ2v) is 3.80. The minimum atomic E-state index is -0.703. The van der Waals surface area contributed by atoms with Crippen molar-refractivity contribution in [3.8, 4) is 5.75 Å². The van der Waals surface area contributed by atoms with Gasteiger partial charge < -0.3 is 14.4 Å². The van der Waals surface area contributed by atoms with Gasteiger partial charge in [0.15, 0.2) is 0 Å². The number of benzene rings is 1. The highest BCUT2D eigenvalue weighted by molar-refractivity contribution is 5.30. The maximum atomic E-state index is 10.2. The van der Waals surface area contributed by atoms with Crippen molar-refractivity contribution in [1.82, 2.24) is 9.55 Å². The van der Waals surface area contributed by atoms with Crippen molar-refractivity contribution in [2.24, 2.45) is 7.05 Å². The van der Waals surface area contributed by atoms with Crippen LogP contribution < -0.4 is 4.74 Å². The molecule has 0 aliphatic heterocycles. The molecule has 0 aliphatic carbocycles. The average Bonchev–Trinajstić information content (AvgIpc) is 2.76. The molecule has 0 amide bonds. The third-order valence-corrected chi connectivity index (χ3v) is 2.61. The quantitative estimate of drug-likeness (QED) is 0.875. The van der Waals surface area contributed by atoms with E-state index < -0.39 is 6.10 Å². The van der Waals surface area contributed by atoms with Crippen LogP contribution in [0.3, 0.4) is 0 Å². The highest BCUT2D eigenvalue weighted by Crippen LogP contribution is 2.22. The molecule has 2 aromatic rings. The zero-order valence-corrected chi connectivity index (χ0v) is 10.00. The van der Waals surface area contributed by atoms with E-state index in [1.54, 1.807) is 10.8 Å². The molecule has 0 saturated carbocycles. The third-order valence-electron chi connectivity index (χ3n) is 2.61. The SMILES string of the molecule is CCOc1ccc([C@H](O)c2nccn2C)cc1. The minimum absolute atomic E-state index is 0.633. The number of nitrogens with zero attached hydrogens (tertiary/aromatic N) is 2. The Morgan fingerprint density at radius 2 is 2.06 bits per heavy atom. The fourth-order valence-corrected chi connectivity index (χ4v) is 1.70. The second-order valence-electron chi connectivity index (χ2n) is 3.80. The minimum Gasteiger partial charge on any atom is -0.494 e. The van der Waals surface area contributed by atoms with Crippen molar-refractivity contribution < 1.29 is 9.84 Å². The van der Waals surface area contributed by atoms with Crippen LogP contribution in [0.5, 0.6) is 5.75 Å². The van der Waals surface area contributed by atoms with E-state index in [0.29, 0.717) is 12.4 Å². The number of imidazole rings is 1. The number of aliphatic hydroxyl groups is 1. The predicted molar refractivity (Wildman–Crippen MR) is 64.9 cm³/mol. The molecule has 0 unspecified atom stereocenters. The van der Waals surface area contributed by atoms with E-state index in [0.717, 1.165) is 11.3 Å². The summed E-state index contributed by atoms with van der Waals surface area (Å²) in [5.41, 5.74) is 0.808. The van der Waals surface area contributed by atoms with E-state index in [9.17, 15) is 5.11 Å². The van der Waals surface area contributed by atoms with Crippen molar-refractivity contribution in [2.45, 2.75) is 13.0 Å². The van der Waals surface area contributed by atoms with Crippen LogP contribution in [0, 0.1) is 0 Å². The molecule has 0 fully saturated rings. The van der Waals surface area contributed by atoms with Gasteiger partial charge >= 0.3 is 0 Å². The van der Waals surface area contributed by atoms with Crippen molar-refractivity contribution >= 4 is 0 Å². The average molecular weight is 232 g/mol. The fourth-order valence-electron chi connectivity index (χ4n) is 1.70. The lowest BCUT2D eigenvalue weighted by Gasteiger charge is -2.11. The number of aromatic nitrogens is 2. The second kappa shape index (κ2) is 5.01. The zero-order valence-electron chi connectivity index (χ0n) is 10.00. The van der Waals surface area contributed by atoms with Crippen LogP contribution >= 0.6 is 0 Å². The maximum Gasteiger partial charge on any atom is 0.142 e. The molecule has 0 spiro atoms. The molecule has 2 rings (SSSR count). The van der Waals surface area contributed by atoms with E-state index in [1.807, 2.05) is 44.4 Å². The Morgan fingerprint density at radius 3 is 2.59 bits per heavy atom. The molecule has 1 aromatic carbocycles. The fraction of sp³-hybridized carbons (Fsp3) is 0.308. The standard InChI is InChI=1S/C13H16N2O2/c1-3-17-11-6-4-10(5-7-11)12(16)13-14-8-9-15(13)2/h4-9,12,16H,3H2,1-2H3/t12-/m0/s1. The molecule has 0 radical (unpaired) electrons. The molecular formula is C13H16N2O2. The Hall–Kier alpha value is -1.81. The Bertz CT molecular complexity index is 476. The van der Waals surface area contributed by atoms with Gasteiger partial charge in [0.05, 0.1) is 6.61 Å². The molecule has 1 atom stereocenters. The molecule has 1 heterocycles. The van der Waals surface area contributed by atoms with E-state index in [2.05, 4.69) is 4.98 Å². The monoisotopic (exact) mass is 232 g/mol. The Morgan fingerprint density at radius 1 is 1.35 bits per heavy atom. The molecule has 17 heavy (non-hydrogen) atoms. The van der Waals surface area contributed by atoms with Gasteiger partial charge in [0.25, 0.3) is 0 Å². The summed E-state index contributed by atoms with van der Waals surface area (Å²) < 4.78 is 7.16. The van der Waals surface area contributed by atoms with Gasteiger partial charge in [0.1, 0.15) is 17.7 Å². The number of aryl methyl sites for hydroxylation is 1. The van der Waals surface area contributed by atoms with E-state index >= 15 is 0 Å². The molecule has 0 aliphatic rings. The van der Waals surface area contributed by atoms with Gasteiger partial charge in [0, 0.05) is 19.4 Å². The lowest BCUT2D eigenvalue weighted by atomic mass is 10.1. The normalized spacial score (nSPS) is 12.4. The Balaban J connectivity index is 2.20. The van der Waals surface area contributed by atoms with Crippen molar-refractivity contribution in [2.75, 3.05) is 6.61 Å². The summed E-state index contributed by atoms with van der Waals surface area (Å²) in [7, 11) is 1.86. The highest BCUT2D eigenvalue weighted by atomic mass is 16.5. The summed E-state index contributed by atoms with van der Waals surface area (Å²) in [5.74, 6) is 1.44. The Kier molecular flexibility index (Phi) is 3.44. The summed E-state index contributed by atoms with van der Waals surface area (Å²) in [5, 5.41) is 10.2. The number of hydrogen-bond donors (Lipinski definition) is 1. The first-order valence-electron chi connectivity index (χ1n) is 5.60. The van der Waals surface area contributed by atoms with Crippen LogP contribution in [0.4, 0.5) is 0 Å². The third kappa shape index (κ3) is 2.47. The summed E-state index contributed by atoms with van der Waals surface area (Å²) in [6.07, 6.45) is 2.78. The summed E-state index contributed by atoms with van der Waals surface area (Å²) in [4.78, 5) is 4.13. The predicted octanol–water partition coefficient (Wildman–Crippen LogP) is 1.90. The summed E-state index contributed by atoms with van der Waals surface area (Å²) in [6.45, 7) is 2.58. The van der Waals surface area contributed by atoms with Crippen LogP contribution in [-0.2, 0) is 7.05 Å².